The Morgan fingerprint density at radius 1 is 1.16 bits per heavy atom. The number of hydrogen-bond donors (Lipinski definition) is 2. The Kier molecular flexibility index (Phi) is 5.40. The molecule has 8 heteroatoms. The molecule has 2 heterocycles. The topological polar surface area (TPSA) is 89.8 Å². The quantitative estimate of drug-likeness (QED) is 0.360. The number of ketones is 1. The average molecular weight is 360 g/mol. The number of phenols is 2. The Morgan fingerprint density at radius 2 is 1.92 bits per heavy atom. The largest absolute Gasteiger partial charge is 0.504 e. The maximum atomic E-state index is 12.2. The van der Waals surface area contributed by atoms with E-state index in [1.165, 1.54) is 30.0 Å². The molecule has 3 rings (SSSR count). The highest BCUT2D eigenvalue weighted by molar-refractivity contribution is 7.99. The van der Waals surface area contributed by atoms with E-state index in [-0.39, 0.29) is 23.0 Å². The van der Waals surface area contributed by atoms with Gasteiger partial charge in [-0.05, 0) is 31.3 Å². The second kappa shape index (κ2) is 7.71. The summed E-state index contributed by atoms with van der Waals surface area (Å²) in [6.45, 7) is 3.83. The summed E-state index contributed by atoms with van der Waals surface area (Å²) >= 11 is 1.26. The summed E-state index contributed by atoms with van der Waals surface area (Å²) in [5.74, 6) is 0.335. The number of carbonyl (C=O) groups excluding carboxylic acids is 1. The number of nitrogens with zero attached hydrogens (tertiary/aromatic N) is 4. The lowest BCUT2D eigenvalue weighted by molar-refractivity contribution is 0.102. The molecule has 0 saturated carbocycles. The molecule has 1 fully saturated rings. The van der Waals surface area contributed by atoms with Gasteiger partial charge in [-0.1, -0.05) is 11.8 Å². The summed E-state index contributed by atoms with van der Waals surface area (Å²) in [7, 11) is 2.10. The van der Waals surface area contributed by atoms with Gasteiger partial charge in [0, 0.05) is 37.9 Å². The first-order valence-electron chi connectivity index (χ1n) is 7.97. The lowest BCUT2D eigenvalue weighted by Crippen LogP contribution is -2.44. The van der Waals surface area contributed by atoms with Crippen LogP contribution >= 0.6 is 11.8 Å². The summed E-state index contributed by atoms with van der Waals surface area (Å²) in [6.07, 6.45) is 1.71. The zero-order valence-electron chi connectivity index (χ0n) is 13.9. The third kappa shape index (κ3) is 4.40. The van der Waals surface area contributed by atoms with E-state index >= 15 is 0 Å². The second-order valence-corrected chi connectivity index (χ2v) is 6.85. The van der Waals surface area contributed by atoms with Gasteiger partial charge < -0.3 is 20.0 Å². The van der Waals surface area contributed by atoms with Crippen LogP contribution in [0.15, 0.2) is 35.6 Å². The molecule has 0 radical (unpaired) electrons. The predicted molar refractivity (Wildman–Crippen MR) is 96.6 cm³/mol. The van der Waals surface area contributed by atoms with E-state index in [0.717, 1.165) is 32.0 Å². The van der Waals surface area contributed by atoms with Crippen molar-refractivity contribution < 1.29 is 15.0 Å². The normalized spacial score (nSPS) is 15.3. The number of likely N-dealkylation sites (N-methyl/N-ethyl adjacent to an activating group) is 1. The summed E-state index contributed by atoms with van der Waals surface area (Å²) in [6, 6.07) is 5.94. The van der Waals surface area contributed by atoms with Crippen LogP contribution in [0, 0.1) is 0 Å². The molecule has 2 N–H and O–H groups in total. The van der Waals surface area contributed by atoms with E-state index in [9.17, 15) is 15.0 Å². The predicted octanol–water partition coefficient (Wildman–Crippen LogP) is 1.61. The van der Waals surface area contributed by atoms with Crippen molar-refractivity contribution in [2.75, 3.05) is 43.9 Å². The highest BCUT2D eigenvalue weighted by Crippen LogP contribution is 2.26. The van der Waals surface area contributed by atoms with Gasteiger partial charge in [-0.15, -0.1) is 0 Å². The summed E-state index contributed by atoms with van der Waals surface area (Å²) < 4.78 is 0. The Hall–Kier alpha value is -2.32. The number of phenolic OH excluding ortho intramolecular Hbond substituents is 2. The van der Waals surface area contributed by atoms with Crippen LogP contribution < -0.4 is 4.90 Å². The van der Waals surface area contributed by atoms with Gasteiger partial charge in [0.1, 0.15) is 5.82 Å². The molecule has 0 unspecified atom stereocenters. The summed E-state index contributed by atoms with van der Waals surface area (Å²) in [5.41, 5.74) is 0.345. The van der Waals surface area contributed by atoms with Crippen LogP contribution in [0.2, 0.25) is 0 Å². The van der Waals surface area contributed by atoms with Crippen LogP contribution in [0.25, 0.3) is 0 Å². The number of thioether (sulfide) groups is 1. The number of anilines is 1. The van der Waals surface area contributed by atoms with Gasteiger partial charge in [-0.2, -0.15) is 0 Å². The van der Waals surface area contributed by atoms with Gasteiger partial charge in [0.25, 0.3) is 0 Å². The van der Waals surface area contributed by atoms with E-state index in [4.69, 9.17) is 0 Å². The van der Waals surface area contributed by atoms with Crippen LogP contribution in [0.1, 0.15) is 10.4 Å². The van der Waals surface area contributed by atoms with Crippen molar-refractivity contribution in [3.8, 4) is 11.5 Å². The van der Waals surface area contributed by atoms with Crippen LogP contribution in [-0.2, 0) is 0 Å². The number of Topliss-reactive ketones (excluding diaryl/α,β-unsaturated/α-hetero) is 1. The van der Waals surface area contributed by atoms with E-state index in [2.05, 4.69) is 26.8 Å². The van der Waals surface area contributed by atoms with Crippen molar-refractivity contribution in [1.29, 1.82) is 0 Å². The molecule has 1 aliphatic heterocycles. The van der Waals surface area contributed by atoms with Crippen molar-refractivity contribution in [2.24, 2.45) is 0 Å². The molecule has 1 aromatic carbocycles. The van der Waals surface area contributed by atoms with E-state index in [1.54, 1.807) is 6.20 Å². The monoisotopic (exact) mass is 360 g/mol. The van der Waals surface area contributed by atoms with Crippen molar-refractivity contribution in [1.82, 2.24) is 14.9 Å². The van der Waals surface area contributed by atoms with Crippen molar-refractivity contribution in [3.05, 3.63) is 36.0 Å². The molecule has 1 saturated heterocycles. The summed E-state index contributed by atoms with van der Waals surface area (Å²) in [5, 5.41) is 19.3. The average Bonchev–Trinajstić information content (AvgIpc) is 2.63. The maximum Gasteiger partial charge on any atom is 0.189 e. The van der Waals surface area contributed by atoms with Gasteiger partial charge in [0.05, 0.1) is 5.75 Å². The molecule has 132 valence electrons. The summed E-state index contributed by atoms with van der Waals surface area (Å²) in [4.78, 5) is 25.5. The van der Waals surface area contributed by atoms with Gasteiger partial charge in [-0.25, -0.2) is 9.97 Å². The number of benzene rings is 1. The molecule has 0 amide bonds. The van der Waals surface area contributed by atoms with Gasteiger partial charge in [-0.3, -0.25) is 4.79 Å². The molecule has 1 aliphatic rings. The first-order chi connectivity index (χ1) is 12.0. The highest BCUT2D eigenvalue weighted by atomic mass is 32.2. The Balaban J connectivity index is 1.62. The van der Waals surface area contributed by atoms with Crippen LogP contribution in [-0.4, -0.2) is 69.8 Å². The third-order valence-corrected chi connectivity index (χ3v) is 4.94. The number of aromatic hydroxyl groups is 2. The van der Waals surface area contributed by atoms with E-state index in [1.807, 2.05) is 6.07 Å². The molecule has 2 aromatic rings. The van der Waals surface area contributed by atoms with Crippen molar-refractivity contribution in [2.45, 2.75) is 5.16 Å². The molecule has 0 spiro atoms. The standard InChI is InChI=1S/C17H20N4O3S/c1-20-6-8-21(9-7-20)16-4-5-18-17(19-16)25-11-15(24)12-2-3-13(22)14(23)10-12/h2-5,10,22-23H,6-9,11H2,1H3. The minimum Gasteiger partial charge on any atom is -0.504 e. The molecular weight excluding hydrogens is 340 g/mol. The molecule has 1 aromatic heterocycles. The van der Waals surface area contributed by atoms with Crippen LogP contribution in [0.4, 0.5) is 5.82 Å². The number of aromatic nitrogens is 2. The first kappa shape index (κ1) is 17.5. The fourth-order valence-electron chi connectivity index (χ4n) is 2.52. The van der Waals surface area contributed by atoms with E-state index < -0.39 is 0 Å². The SMILES string of the molecule is CN1CCN(c2ccnc(SCC(=O)c3ccc(O)c(O)c3)n2)CC1. The maximum absolute atomic E-state index is 12.2. The van der Waals surface area contributed by atoms with E-state index in [0.29, 0.717) is 10.7 Å². The lowest BCUT2D eigenvalue weighted by Gasteiger charge is -2.33. The van der Waals surface area contributed by atoms with Crippen molar-refractivity contribution >= 4 is 23.4 Å². The van der Waals surface area contributed by atoms with Crippen LogP contribution in [0.3, 0.4) is 0 Å². The van der Waals surface area contributed by atoms with Crippen LogP contribution in [0.5, 0.6) is 11.5 Å². The van der Waals surface area contributed by atoms with Gasteiger partial charge in [0.2, 0.25) is 0 Å². The fraction of sp³-hybridized carbons (Fsp3) is 0.353. The molecule has 25 heavy (non-hydrogen) atoms. The molecule has 0 aliphatic carbocycles. The van der Waals surface area contributed by atoms with Crippen molar-refractivity contribution in [3.63, 3.8) is 0 Å². The number of hydrogen-bond acceptors (Lipinski definition) is 8. The Bertz CT molecular complexity index is 763. The molecule has 0 bridgehead atoms. The smallest absolute Gasteiger partial charge is 0.189 e. The zero-order chi connectivity index (χ0) is 17.8. The lowest BCUT2D eigenvalue weighted by atomic mass is 10.1. The Labute approximate surface area is 150 Å². The number of carbonyl (C=O) groups is 1. The second-order valence-electron chi connectivity index (χ2n) is 5.90. The molecule has 0 atom stereocenters. The Morgan fingerprint density at radius 3 is 2.64 bits per heavy atom. The molecule has 7 nitrogen and oxygen atoms in total. The zero-order valence-corrected chi connectivity index (χ0v) is 14.7. The third-order valence-electron chi connectivity index (χ3n) is 4.08. The first-order valence-corrected chi connectivity index (χ1v) is 8.96. The minimum atomic E-state index is -0.302. The number of piperazine rings is 1. The van der Waals surface area contributed by atoms with Gasteiger partial charge >= 0.3 is 0 Å². The van der Waals surface area contributed by atoms with Gasteiger partial charge in [0.15, 0.2) is 22.4 Å². The minimum absolute atomic E-state index is 0.158. The highest BCUT2D eigenvalue weighted by Gasteiger charge is 2.16. The number of rotatable bonds is 5. The molecular formula is C17H20N4O3S. The fourth-order valence-corrected chi connectivity index (χ4v) is 3.24.